The largest absolute Gasteiger partial charge is 0.351 e. The van der Waals surface area contributed by atoms with Crippen LogP contribution < -0.4 is 16.0 Å². The first-order chi connectivity index (χ1) is 14.9. The average molecular weight is 433 g/mol. The van der Waals surface area contributed by atoms with Gasteiger partial charge in [0.1, 0.15) is 17.9 Å². The smallest absolute Gasteiger partial charge is 0.315 e. The number of hydrogen-bond acceptors (Lipinski definition) is 4. The summed E-state index contributed by atoms with van der Waals surface area (Å²) in [5.74, 6) is 2.15. The molecule has 31 heavy (non-hydrogen) atoms. The predicted octanol–water partition coefficient (Wildman–Crippen LogP) is 1.73. The summed E-state index contributed by atoms with van der Waals surface area (Å²) in [6.45, 7) is 1.97. The highest BCUT2D eigenvalue weighted by molar-refractivity contribution is 5.92. The van der Waals surface area contributed by atoms with Gasteiger partial charge in [-0.1, -0.05) is 19.3 Å². The molecule has 2 aliphatic rings. The summed E-state index contributed by atoms with van der Waals surface area (Å²) >= 11 is 0. The summed E-state index contributed by atoms with van der Waals surface area (Å²) in [5.41, 5.74) is 0. The van der Waals surface area contributed by atoms with Gasteiger partial charge in [0.25, 0.3) is 0 Å². The summed E-state index contributed by atoms with van der Waals surface area (Å²) in [4.78, 5) is 51.7. The van der Waals surface area contributed by atoms with Crippen molar-refractivity contribution in [2.75, 3.05) is 13.6 Å². The lowest BCUT2D eigenvalue weighted by atomic mass is 9.83. The minimum Gasteiger partial charge on any atom is -0.351 e. The Labute approximate surface area is 185 Å². The lowest BCUT2D eigenvalue weighted by molar-refractivity contribution is -0.141. The lowest BCUT2D eigenvalue weighted by Crippen LogP contribution is -2.57. The molecule has 0 aromatic heterocycles. The molecule has 8 nitrogen and oxygen atoms in total. The molecule has 1 aliphatic carbocycles. The molecular weight excluding hydrogens is 396 g/mol. The van der Waals surface area contributed by atoms with Gasteiger partial charge < -0.3 is 20.9 Å². The van der Waals surface area contributed by atoms with Crippen LogP contribution in [0, 0.1) is 18.3 Å². The van der Waals surface area contributed by atoms with Crippen LogP contribution in [0.25, 0.3) is 0 Å². The molecule has 0 aromatic carbocycles. The first-order valence-corrected chi connectivity index (χ1v) is 11.4. The van der Waals surface area contributed by atoms with Gasteiger partial charge in [-0.2, -0.15) is 0 Å². The van der Waals surface area contributed by atoms with Crippen molar-refractivity contribution in [1.82, 2.24) is 20.9 Å². The monoisotopic (exact) mass is 432 g/mol. The normalized spacial score (nSPS) is 20.9. The van der Waals surface area contributed by atoms with Crippen molar-refractivity contribution in [1.29, 1.82) is 0 Å². The zero-order chi connectivity index (χ0) is 22.8. The highest BCUT2D eigenvalue weighted by Gasteiger charge is 2.41. The Balaban J connectivity index is 2.11. The Morgan fingerprint density at radius 3 is 2.39 bits per heavy atom. The molecule has 3 N–H and O–H groups in total. The molecule has 0 aromatic rings. The van der Waals surface area contributed by atoms with Crippen LogP contribution in [0.5, 0.6) is 0 Å². The average Bonchev–Trinajstić information content (AvgIpc) is 3.25. The highest BCUT2D eigenvalue weighted by atomic mass is 16.2. The van der Waals surface area contributed by atoms with E-state index in [9.17, 15) is 19.2 Å². The number of urea groups is 1. The number of rotatable bonds is 9. The van der Waals surface area contributed by atoms with Crippen molar-refractivity contribution in [3.63, 3.8) is 0 Å². The lowest BCUT2D eigenvalue weighted by Gasteiger charge is -2.34. The third-order valence-corrected chi connectivity index (χ3v) is 6.26. The van der Waals surface area contributed by atoms with Gasteiger partial charge in [-0.15, -0.1) is 12.3 Å². The number of terminal acetylenes is 1. The van der Waals surface area contributed by atoms with Gasteiger partial charge in [-0.05, 0) is 44.9 Å². The fraction of sp³-hybridized carbons (Fsp3) is 0.739. The van der Waals surface area contributed by atoms with E-state index in [0.717, 1.165) is 38.5 Å². The Morgan fingerprint density at radius 2 is 1.77 bits per heavy atom. The number of carbonyl (C=O) groups excluding carboxylic acids is 4. The van der Waals surface area contributed by atoms with Crippen molar-refractivity contribution in [3.05, 3.63) is 0 Å². The third-order valence-electron chi connectivity index (χ3n) is 6.26. The number of amides is 4. The molecule has 3 unspecified atom stereocenters. The third kappa shape index (κ3) is 7.27. The van der Waals surface area contributed by atoms with Crippen LogP contribution in [0.4, 0.5) is 4.79 Å². The van der Waals surface area contributed by atoms with Crippen LogP contribution in [0.1, 0.15) is 71.1 Å². The molecular formula is C23H36N4O4. The number of ketones is 1. The van der Waals surface area contributed by atoms with Gasteiger partial charge in [0.05, 0.1) is 0 Å². The van der Waals surface area contributed by atoms with Crippen LogP contribution in [0.15, 0.2) is 0 Å². The Morgan fingerprint density at radius 1 is 1.06 bits per heavy atom. The summed E-state index contributed by atoms with van der Waals surface area (Å²) in [7, 11) is 1.52. The fourth-order valence-electron chi connectivity index (χ4n) is 4.67. The highest BCUT2D eigenvalue weighted by Crippen LogP contribution is 2.29. The van der Waals surface area contributed by atoms with Crippen LogP contribution in [-0.4, -0.2) is 60.2 Å². The molecule has 0 bridgehead atoms. The zero-order valence-corrected chi connectivity index (χ0v) is 18.7. The van der Waals surface area contributed by atoms with Gasteiger partial charge in [0.15, 0.2) is 0 Å². The zero-order valence-electron chi connectivity index (χ0n) is 18.7. The maximum atomic E-state index is 13.5. The topological polar surface area (TPSA) is 108 Å². The summed E-state index contributed by atoms with van der Waals surface area (Å²) in [6.07, 6.45) is 12.8. The maximum Gasteiger partial charge on any atom is 0.315 e. The molecule has 2 fully saturated rings. The molecule has 4 amide bonds. The van der Waals surface area contributed by atoms with Crippen molar-refractivity contribution in [2.45, 2.75) is 89.3 Å². The molecule has 172 valence electrons. The van der Waals surface area contributed by atoms with E-state index in [1.807, 2.05) is 0 Å². The molecule has 1 saturated heterocycles. The second-order valence-electron chi connectivity index (χ2n) is 8.64. The quantitative estimate of drug-likeness (QED) is 0.482. The molecule has 0 spiro atoms. The molecule has 2 rings (SSSR count). The SMILES string of the molecule is C#CCCC(CC(C)=O)NC(=O)C1CCCN1C(=O)C(NC(=O)NC)C1CCCCC1. The van der Waals surface area contributed by atoms with Crippen molar-refractivity contribution >= 4 is 23.6 Å². The number of hydrogen-bond donors (Lipinski definition) is 3. The minimum atomic E-state index is -0.636. The van der Waals surface area contributed by atoms with Gasteiger partial charge in [0, 0.05) is 32.5 Å². The number of Topliss-reactive ketones (excluding diaryl/α,β-unsaturated/α-hetero) is 1. The van der Waals surface area contributed by atoms with Crippen LogP contribution in [0.3, 0.4) is 0 Å². The second kappa shape index (κ2) is 12.3. The first-order valence-electron chi connectivity index (χ1n) is 11.4. The number of nitrogens with zero attached hydrogens (tertiary/aromatic N) is 1. The fourth-order valence-corrected chi connectivity index (χ4v) is 4.67. The van der Waals surface area contributed by atoms with E-state index in [4.69, 9.17) is 6.42 Å². The Kier molecular flexibility index (Phi) is 9.83. The number of likely N-dealkylation sites (tertiary alicyclic amines) is 1. The van der Waals surface area contributed by atoms with Crippen molar-refractivity contribution in [2.24, 2.45) is 5.92 Å². The Bertz CT molecular complexity index is 696. The van der Waals surface area contributed by atoms with Gasteiger partial charge in [-0.25, -0.2) is 4.79 Å². The summed E-state index contributed by atoms with van der Waals surface area (Å²) < 4.78 is 0. The van der Waals surface area contributed by atoms with Gasteiger partial charge in [0.2, 0.25) is 11.8 Å². The van der Waals surface area contributed by atoms with Crippen molar-refractivity contribution < 1.29 is 19.2 Å². The van der Waals surface area contributed by atoms with E-state index in [1.54, 1.807) is 4.90 Å². The standard InChI is InChI=1S/C23H36N4O4/c1-4-5-12-18(15-16(2)28)25-21(29)19-13-9-14-27(19)22(30)20(26-23(31)24-3)17-10-7-6-8-11-17/h1,17-20H,5-15H2,2-3H3,(H,25,29)(H2,24,26,31). The molecule has 3 atom stereocenters. The van der Waals surface area contributed by atoms with E-state index in [0.29, 0.717) is 25.8 Å². The van der Waals surface area contributed by atoms with Gasteiger partial charge in [-0.3, -0.25) is 14.4 Å². The van der Waals surface area contributed by atoms with E-state index in [2.05, 4.69) is 21.9 Å². The predicted molar refractivity (Wildman–Crippen MR) is 118 cm³/mol. The van der Waals surface area contributed by atoms with Crippen LogP contribution in [-0.2, 0) is 14.4 Å². The minimum absolute atomic E-state index is 0.0196. The maximum absolute atomic E-state index is 13.5. The van der Waals surface area contributed by atoms with E-state index < -0.39 is 12.1 Å². The molecule has 1 saturated carbocycles. The van der Waals surface area contributed by atoms with Crippen LogP contribution >= 0.6 is 0 Å². The Hall–Kier alpha value is -2.56. The molecule has 8 heteroatoms. The van der Waals surface area contributed by atoms with E-state index >= 15 is 0 Å². The van der Waals surface area contributed by atoms with Gasteiger partial charge >= 0.3 is 6.03 Å². The first kappa shape index (κ1) is 24.7. The molecule has 1 heterocycles. The number of nitrogens with one attached hydrogen (secondary N) is 3. The second-order valence-corrected chi connectivity index (χ2v) is 8.64. The van der Waals surface area contributed by atoms with Crippen molar-refractivity contribution in [3.8, 4) is 12.3 Å². The number of carbonyl (C=O) groups is 4. The molecule has 0 radical (unpaired) electrons. The summed E-state index contributed by atoms with van der Waals surface area (Å²) in [5, 5.41) is 8.29. The summed E-state index contributed by atoms with van der Waals surface area (Å²) in [6, 6.07) is -1.95. The van der Waals surface area contributed by atoms with Crippen LogP contribution in [0.2, 0.25) is 0 Å². The molecule has 1 aliphatic heterocycles. The van der Waals surface area contributed by atoms with E-state index in [-0.39, 0.29) is 42.0 Å². The van der Waals surface area contributed by atoms with E-state index in [1.165, 1.54) is 14.0 Å².